The number of ether oxygens (including phenoxy) is 1. The smallest absolute Gasteiger partial charge is 0.129 e. The zero-order valence-electron chi connectivity index (χ0n) is 11.8. The molecule has 19 heavy (non-hydrogen) atoms. The third kappa shape index (κ3) is 4.34. The monoisotopic (exact) mass is 267 g/mol. The highest BCUT2D eigenvalue weighted by Gasteiger charge is 2.29. The lowest BCUT2D eigenvalue weighted by molar-refractivity contribution is 0.0210. The molecular weight excluding hydrogens is 242 g/mol. The highest BCUT2D eigenvalue weighted by molar-refractivity contribution is 4.96. The minimum atomic E-state index is -0.460. The van der Waals surface area contributed by atoms with Crippen LogP contribution in [0.5, 0.6) is 0 Å². The molecule has 1 aliphatic rings. The van der Waals surface area contributed by atoms with Gasteiger partial charge in [0, 0.05) is 12.6 Å². The minimum Gasteiger partial charge on any atom is -0.467 e. The largest absolute Gasteiger partial charge is 0.467 e. The van der Waals surface area contributed by atoms with Crippen LogP contribution in [-0.2, 0) is 11.3 Å². The van der Waals surface area contributed by atoms with E-state index in [0.717, 1.165) is 11.7 Å². The summed E-state index contributed by atoms with van der Waals surface area (Å²) >= 11 is 0. The van der Waals surface area contributed by atoms with Gasteiger partial charge in [-0.15, -0.1) is 0 Å². The van der Waals surface area contributed by atoms with Gasteiger partial charge in [0.25, 0.3) is 0 Å². The summed E-state index contributed by atoms with van der Waals surface area (Å²) in [5.74, 6) is 2.26. The van der Waals surface area contributed by atoms with E-state index in [1.54, 1.807) is 6.26 Å². The zero-order valence-corrected chi connectivity index (χ0v) is 11.8. The van der Waals surface area contributed by atoms with Gasteiger partial charge in [0.1, 0.15) is 12.4 Å². The van der Waals surface area contributed by atoms with Gasteiger partial charge in [0.05, 0.1) is 19.0 Å². The van der Waals surface area contributed by atoms with Crippen molar-refractivity contribution in [3.63, 3.8) is 0 Å². The molecule has 1 saturated carbocycles. The van der Waals surface area contributed by atoms with Crippen molar-refractivity contribution >= 4 is 0 Å². The number of furan rings is 1. The number of hydrogen-bond acceptors (Lipinski definition) is 4. The molecule has 0 aliphatic heterocycles. The fourth-order valence-corrected chi connectivity index (χ4v) is 2.69. The first kappa shape index (κ1) is 14.6. The maximum absolute atomic E-state index is 9.87. The first-order chi connectivity index (χ1) is 9.16. The molecule has 0 aromatic carbocycles. The zero-order chi connectivity index (χ0) is 13.7. The number of nitrogens with one attached hydrogen (secondary N) is 1. The standard InChI is InChI=1S/C15H25NO3/c1-11-5-6-15(12(11)2)16-8-13(17)9-18-10-14-4-3-7-19-14/h3-4,7,11-13,15-17H,5-6,8-10H2,1-2H3. The van der Waals surface area contributed by atoms with Crippen molar-refractivity contribution in [2.45, 2.75) is 45.4 Å². The Balaban J connectivity index is 1.58. The molecular formula is C15H25NO3. The molecule has 0 radical (unpaired) electrons. The van der Waals surface area contributed by atoms with Gasteiger partial charge in [0.2, 0.25) is 0 Å². The summed E-state index contributed by atoms with van der Waals surface area (Å²) in [6.07, 6.45) is 3.66. The van der Waals surface area contributed by atoms with Gasteiger partial charge in [0.15, 0.2) is 0 Å². The van der Waals surface area contributed by atoms with E-state index in [0.29, 0.717) is 31.7 Å². The third-order valence-corrected chi connectivity index (χ3v) is 4.22. The highest BCUT2D eigenvalue weighted by Crippen LogP contribution is 2.30. The van der Waals surface area contributed by atoms with E-state index in [2.05, 4.69) is 19.2 Å². The van der Waals surface area contributed by atoms with Crippen LogP contribution in [0.15, 0.2) is 22.8 Å². The Morgan fingerprint density at radius 1 is 1.47 bits per heavy atom. The van der Waals surface area contributed by atoms with E-state index in [-0.39, 0.29) is 0 Å². The van der Waals surface area contributed by atoms with Gasteiger partial charge in [-0.25, -0.2) is 0 Å². The van der Waals surface area contributed by atoms with Crippen LogP contribution in [0.1, 0.15) is 32.4 Å². The van der Waals surface area contributed by atoms with Crippen molar-refractivity contribution in [2.75, 3.05) is 13.2 Å². The Labute approximate surface area is 115 Å². The van der Waals surface area contributed by atoms with Gasteiger partial charge >= 0.3 is 0 Å². The van der Waals surface area contributed by atoms with Gasteiger partial charge in [-0.05, 0) is 36.8 Å². The maximum atomic E-state index is 9.87. The Morgan fingerprint density at radius 3 is 2.95 bits per heavy atom. The van der Waals surface area contributed by atoms with Crippen LogP contribution in [0.4, 0.5) is 0 Å². The number of aliphatic hydroxyl groups is 1. The average Bonchev–Trinajstić information content (AvgIpc) is 3.00. The Bertz CT molecular complexity index is 352. The van der Waals surface area contributed by atoms with Crippen LogP contribution >= 0.6 is 0 Å². The fourth-order valence-electron chi connectivity index (χ4n) is 2.69. The molecule has 0 bridgehead atoms. The lowest BCUT2D eigenvalue weighted by Gasteiger charge is -2.21. The van der Waals surface area contributed by atoms with Crippen molar-refractivity contribution in [1.29, 1.82) is 0 Å². The molecule has 1 heterocycles. The number of aliphatic hydroxyl groups excluding tert-OH is 1. The van der Waals surface area contributed by atoms with Crippen LogP contribution in [0, 0.1) is 11.8 Å². The molecule has 0 saturated heterocycles. The van der Waals surface area contributed by atoms with E-state index < -0.39 is 6.10 Å². The lowest BCUT2D eigenvalue weighted by atomic mass is 9.98. The molecule has 4 unspecified atom stereocenters. The van der Waals surface area contributed by atoms with Gasteiger partial charge in [-0.3, -0.25) is 0 Å². The fraction of sp³-hybridized carbons (Fsp3) is 0.733. The highest BCUT2D eigenvalue weighted by atomic mass is 16.5. The summed E-state index contributed by atoms with van der Waals surface area (Å²) in [5, 5.41) is 13.3. The van der Waals surface area contributed by atoms with Crippen molar-refractivity contribution in [2.24, 2.45) is 11.8 Å². The number of hydrogen-bond donors (Lipinski definition) is 2. The molecule has 1 fully saturated rings. The third-order valence-electron chi connectivity index (χ3n) is 4.22. The number of rotatable bonds is 7. The molecule has 1 aromatic rings. The summed E-state index contributed by atoms with van der Waals surface area (Å²) in [6, 6.07) is 4.24. The molecule has 1 aliphatic carbocycles. The predicted octanol–water partition coefficient (Wildman–Crippen LogP) is 2.18. The molecule has 4 nitrogen and oxygen atoms in total. The van der Waals surface area contributed by atoms with Crippen molar-refractivity contribution in [1.82, 2.24) is 5.32 Å². The molecule has 0 amide bonds. The van der Waals surface area contributed by atoms with Gasteiger partial charge < -0.3 is 19.6 Å². The van der Waals surface area contributed by atoms with E-state index in [1.165, 1.54) is 12.8 Å². The normalized spacial score (nSPS) is 28.7. The molecule has 4 atom stereocenters. The quantitative estimate of drug-likeness (QED) is 0.795. The minimum absolute atomic E-state index is 0.338. The molecule has 108 valence electrons. The van der Waals surface area contributed by atoms with E-state index in [9.17, 15) is 5.11 Å². The predicted molar refractivity (Wildman–Crippen MR) is 73.7 cm³/mol. The first-order valence-corrected chi connectivity index (χ1v) is 7.18. The second-order valence-electron chi connectivity index (χ2n) is 5.68. The maximum Gasteiger partial charge on any atom is 0.129 e. The SMILES string of the molecule is CC1CCC(NCC(O)COCc2ccco2)C1C. The van der Waals surface area contributed by atoms with E-state index in [1.807, 2.05) is 12.1 Å². The average molecular weight is 267 g/mol. The van der Waals surface area contributed by atoms with Crippen molar-refractivity contribution in [3.8, 4) is 0 Å². The second-order valence-corrected chi connectivity index (χ2v) is 5.68. The van der Waals surface area contributed by atoms with E-state index in [4.69, 9.17) is 9.15 Å². The van der Waals surface area contributed by atoms with Crippen LogP contribution < -0.4 is 5.32 Å². The van der Waals surface area contributed by atoms with Crippen molar-refractivity contribution < 1.29 is 14.3 Å². The van der Waals surface area contributed by atoms with Gasteiger partial charge in [-0.1, -0.05) is 13.8 Å². The second kappa shape index (κ2) is 7.08. The summed E-state index contributed by atoms with van der Waals surface area (Å²) in [5.41, 5.74) is 0. The molecule has 2 N–H and O–H groups in total. The van der Waals surface area contributed by atoms with E-state index >= 15 is 0 Å². The van der Waals surface area contributed by atoms with Crippen molar-refractivity contribution in [3.05, 3.63) is 24.2 Å². The Morgan fingerprint density at radius 2 is 2.32 bits per heavy atom. The lowest BCUT2D eigenvalue weighted by Crippen LogP contribution is -2.39. The van der Waals surface area contributed by atoms with Crippen LogP contribution in [0.2, 0.25) is 0 Å². The Kier molecular flexibility index (Phi) is 5.43. The Hall–Kier alpha value is -0.840. The summed E-state index contributed by atoms with van der Waals surface area (Å²) in [4.78, 5) is 0. The van der Waals surface area contributed by atoms with Crippen LogP contribution in [0.3, 0.4) is 0 Å². The molecule has 0 spiro atoms. The van der Waals surface area contributed by atoms with Crippen LogP contribution in [0.25, 0.3) is 0 Å². The first-order valence-electron chi connectivity index (χ1n) is 7.18. The summed E-state index contributed by atoms with van der Waals surface area (Å²) in [6.45, 7) is 5.94. The molecule has 1 aromatic heterocycles. The molecule has 4 heteroatoms. The van der Waals surface area contributed by atoms with Gasteiger partial charge in [-0.2, -0.15) is 0 Å². The summed E-state index contributed by atoms with van der Waals surface area (Å²) in [7, 11) is 0. The molecule has 2 rings (SSSR count). The summed E-state index contributed by atoms with van der Waals surface area (Å²) < 4.78 is 10.6. The van der Waals surface area contributed by atoms with Crippen LogP contribution in [-0.4, -0.2) is 30.4 Å². The topological polar surface area (TPSA) is 54.6 Å².